The number of amides is 1. The van der Waals surface area contributed by atoms with Crippen LogP contribution in [0.5, 0.6) is 5.75 Å². The van der Waals surface area contributed by atoms with Gasteiger partial charge in [-0.2, -0.15) is 5.10 Å². The molecule has 1 aromatic heterocycles. The lowest BCUT2D eigenvalue weighted by Gasteiger charge is -2.14. The maximum atomic E-state index is 12.1. The van der Waals surface area contributed by atoms with Crippen LogP contribution in [0.3, 0.4) is 0 Å². The van der Waals surface area contributed by atoms with Crippen molar-refractivity contribution in [3.8, 4) is 5.75 Å². The molecule has 0 bridgehead atoms. The Hall–Kier alpha value is -2.30. The molecule has 0 aliphatic heterocycles. The van der Waals surface area contributed by atoms with E-state index >= 15 is 0 Å². The van der Waals surface area contributed by atoms with Gasteiger partial charge >= 0.3 is 0 Å². The molecule has 0 aliphatic rings. The zero-order valence-corrected chi connectivity index (χ0v) is 12.9. The molecule has 21 heavy (non-hydrogen) atoms. The van der Waals surface area contributed by atoms with Gasteiger partial charge in [-0.1, -0.05) is 12.1 Å². The number of hydrogen-bond acceptors (Lipinski definition) is 3. The van der Waals surface area contributed by atoms with Gasteiger partial charge in [0.25, 0.3) is 0 Å². The minimum Gasteiger partial charge on any atom is -0.497 e. The highest BCUT2D eigenvalue weighted by Crippen LogP contribution is 2.16. The number of benzene rings is 1. The first-order chi connectivity index (χ1) is 10.0. The van der Waals surface area contributed by atoms with Crippen molar-refractivity contribution in [2.24, 2.45) is 7.05 Å². The number of carbonyl (C=O) groups is 1. The molecular weight excluding hydrogens is 266 g/mol. The summed E-state index contributed by atoms with van der Waals surface area (Å²) in [5, 5.41) is 7.20. The molecule has 1 atom stereocenters. The van der Waals surface area contributed by atoms with Crippen molar-refractivity contribution >= 4 is 5.91 Å². The molecule has 5 heteroatoms. The van der Waals surface area contributed by atoms with Crippen LogP contribution in [0.4, 0.5) is 0 Å². The molecule has 0 unspecified atom stereocenters. The van der Waals surface area contributed by atoms with Crippen LogP contribution in [0.25, 0.3) is 0 Å². The predicted molar refractivity (Wildman–Crippen MR) is 81.2 cm³/mol. The van der Waals surface area contributed by atoms with Gasteiger partial charge in [-0.3, -0.25) is 9.48 Å². The van der Waals surface area contributed by atoms with Crippen LogP contribution in [-0.4, -0.2) is 22.8 Å². The van der Waals surface area contributed by atoms with E-state index in [4.69, 9.17) is 4.74 Å². The van der Waals surface area contributed by atoms with Crippen LogP contribution in [0.1, 0.15) is 29.8 Å². The molecule has 0 saturated carbocycles. The zero-order chi connectivity index (χ0) is 15.4. The lowest BCUT2D eigenvalue weighted by Crippen LogP contribution is -2.28. The number of aryl methyl sites for hydroxylation is 1. The van der Waals surface area contributed by atoms with Crippen LogP contribution < -0.4 is 10.1 Å². The first-order valence-corrected chi connectivity index (χ1v) is 6.92. The summed E-state index contributed by atoms with van der Waals surface area (Å²) < 4.78 is 6.91. The largest absolute Gasteiger partial charge is 0.497 e. The number of nitrogens with zero attached hydrogens (tertiary/aromatic N) is 2. The SMILES string of the molecule is COc1ccc(CC(=O)N[C@H](C)c2cnn(C)c2C)cc1. The van der Waals surface area contributed by atoms with Crippen LogP contribution >= 0.6 is 0 Å². The smallest absolute Gasteiger partial charge is 0.224 e. The molecule has 1 aromatic carbocycles. The van der Waals surface area contributed by atoms with E-state index in [1.165, 1.54) is 0 Å². The fraction of sp³-hybridized carbons (Fsp3) is 0.375. The van der Waals surface area contributed by atoms with Crippen molar-refractivity contribution in [1.82, 2.24) is 15.1 Å². The average Bonchev–Trinajstić information content (AvgIpc) is 2.79. The first kappa shape index (κ1) is 15.1. The highest BCUT2D eigenvalue weighted by molar-refractivity contribution is 5.79. The minimum atomic E-state index is -0.0514. The third-order valence-electron chi connectivity index (χ3n) is 3.64. The van der Waals surface area contributed by atoms with Gasteiger partial charge in [0.1, 0.15) is 5.75 Å². The summed E-state index contributed by atoms with van der Waals surface area (Å²) in [5.74, 6) is 0.787. The molecule has 0 spiro atoms. The molecule has 2 rings (SSSR count). The van der Waals surface area contributed by atoms with Crippen LogP contribution in [0.2, 0.25) is 0 Å². The van der Waals surface area contributed by atoms with Gasteiger partial charge in [-0.25, -0.2) is 0 Å². The van der Waals surface area contributed by atoms with Crippen molar-refractivity contribution in [3.63, 3.8) is 0 Å². The van der Waals surface area contributed by atoms with Gasteiger partial charge in [-0.05, 0) is 31.5 Å². The predicted octanol–water partition coefficient (Wildman–Crippen LogP) is 2.16. The number of ether oxygens (including phenoxy) is 1. The summed E-state index contributed by atoms with van der Waals surface area (Å²) in [6, 6.07) is 7.47. The fourth-order valence-corrected chi connectivity index (χ4v) is 2.24. The van der Waals surface area contributed by atoms with Crippen molar-refractivity contribution in [1.29, 1.82) is 0 Å². The van der Waals surface area contributed by atoms with E-state index in [1.54, 1.807) is 13.3 Å². The van der Waals surface area contributed by atoms with Gasteiger partial charge in [0.15, 0.2) is 0 Å². The van der Waals surface area contributed by atoms with Crippen molar-refractivity contribution in [3.05, 3.63) is 47.3 Å². The summed E-state index contributed by atoms with van der Waals surface area (Å²) in [4.78, 5) is 12.1. The normalized spacial score (nSPS) is 12.0. The second-order valence-corrected chi connectivity index (χ2v) is 5.12. The van der Waals surface area contributed by atoms with Gasteiger partial charge in [-0.15, -0.1) is 0 Å². The van der Waals surface area contributed by atoms with E-state index < -0.39 is 0 Å². The van der Waals surface area contributed by atoms with Crippen molar-refractivity contribution < 1.29 is 9.53 Å². The lowest BCUT2D eigenvalue weighted by molar-refractivity contribution is -0.121. The van der Waals surface area contributed by atoms with E-state index in [2.05, 4.69) is 10.4 Å². The number of nitrogens with one attached hydrogen (secondary N) is 1. The molecule has 0 saturated heterocycles. The van der Waals surface area contributed by atoms with Gasteiger partial charge < -0.3 is 10.1 Å². The molecule has 2 aromatic rings. The molecule has 112 valence electrons. The number of carbonyl (C=O) groups excluding carboxylic acids is 1. The fourth-order valence-electron chi connectivity index (χ4n) is 2.24. The molecule has 0 radical (unpaired) electrons. The third kappa shape index (κ3) is 3.62. The molecule has 0 aliphatic carbocycles. The summed E-state index contributed by atoms with van der Waals surface area (Å²) in [7, 11) is 3.52. The number of hydrogen-bond donors (Lipinski definition) is 1. The molecule has 5 nitrogen and oxygen atoms in total. The molecule has 0 fully saturated rings. The number of aromatic nitrogens is 2. The summed E-state index contributed by atoms with van der Waals surface area (Å²) in [5.41, 5.74) is 3.07. The highest BCUT2D eigenvalue weighted by Gasteiger charge is 2.14. The van der Waals surface area contributed by atoms with E-state index in [1.807, 2.05) is 49.8 Å². The Morgan fingerprint density at radius 3 is 2.57 bits per heavy atom. The maximum Gasteiger partial charge on any atom is 0.224 e. The Morgan fingerprint density at radius 1 is 1.38 bits per heavy atom. The van der Waals surface area contributed by atoms with Gasteiger partial charge in [0.2, 0.25) is 5.91 Å². The van der Waals surface area contributed by atoms with Crippen molar-refractivity contribution in [2.75, 3.05) is 7.11 Å². The van der Waals surface area contributed by atoms with E-state index in [0.29, 0.717) is 6.42 Å². The topological polar surface area (TPSA) is 56.1 Å². The average molecular weight is 287 g/mol. The Balaban J connectivity index is 1.96. The van der Waals surface area contributed by atoms with Gasteiger partial charge in [0, 0.05) is 18.3 Å². The summed E-state index contributed by atoms with van der Waals surface area (Å²) >= 11 is 0. The minimum absolute atomic E-state index is 0.00378. The van der Waals surface area contributed by atoms with Gasteiger partial charge in [0.05, 0.1) is 25.8 Å². The Bertz CT molecular complexity index is 617. The Morgan fingerprint density at radius 2 is 2.05 bits per heavy atom. The summed E-state index contributed by atoms with van der Waals surface area (Å²) in [6.45, 7) is 3.96. The molecule has 1 heterocycles. The van der Waals surface area contributed by atoms with Crippen molar-refractivity contribution in [2.45, 2.75) is 26.3 Å². The highest BCUT2D eigenvalue weighted by atomic mass is 16.5. The van der Waals surface area contributed by atoms with Crippen LogP contribution in [0.15, 0.2) is 30.5 Å². The maximum absolute atomic E-state index is 12.1. The Labute approximate surface area is 124 Å². The monoisotopic (exact) mass is 287 g/mol. The number of methoxy groups -OCH3 is 1. The zero-order valence-electron chi connectivity index (χ0n) is 12.9. The van der Waals surface area contributed by atoms with E-state index in [9.17, 15) is 4.79 Å². The number of rotatable bonds is 5. The molecule has 1 amide bonds. The summed E-state index contributed by atoms with van der Waals surface area (Å²) in [6.07, 6.45) is 2.15. The third-order valence-corrected chi connectivity index (χ3v) is 3.64. The standard InChI is InChI=1S/C16H21N3O2/c1-11(15-10-17-19(3)12(15)2)18-16(20)9-13-5-7-14(21-4)8-6-13/h5-8,10-11H,9H2,1-4H3,(H,18,20)/t11-/m1/s1. The second-order valence-electron chi connectivity index (χ2n) is 5.12. The molecular formula is C16H21N3O2. The van der Waals surface area contributed by atoms with Crippen LogP contribution in [0, 0.1) is 6.92 Å². The quantitative estimate of drug-likeness (QED) is 0.917. The second kappa shape index (κ2) is 6.43. The van der Waals surface area contributed by atoms with Crippen LogP contribution in [-0.2, 0) is 18.3 Å². The lowest BCUT2D eigenvalue weighted by atomic mass is 10.1. The van der Waals surface area contributed by atoms with E-state index in [-0.39, 0.29) is 11.9 Å². The van der Waals surface area contributed by atoms with E-state index in [0.717, 1.165) is 22.6 Å². The Kier molecular flexibility index (Phi) is 4.62. The first-order valence-electron chi connectivity index (χ1n) is 6.92. The molecule has 1 N–H and O–H groups in total.